The molecule has 860 valence electrons. The van der Waals surface area contributed by atoms with Crippen LogP contribution in [0, 0.1) is 0 Å². The average Bonchev–Trinajstić information content (AvgIpc) is 0.574. The molecule has 0 aromatic carbocycles. The first-order chi connectivity index (χ1) is 70.8. The highest BCUT2D eigenvalue weighted by Crippen LogP contribution is 2.43. The summed E-state index contributed by atoms with van der Waals surface area (Å²) >= 11 is 0. The Morgan fingerprint density at radius 1 is 0.365 bits per heavy atom. The van der Waals surface area contributed by atoms with E-state index in [9.17, 15) is 147 Å². The number of hydrogen-bond donors (Lipinski definition) is 28. The Hall–Kier alpha value is -4.73. The van der Waals surface area contributed by atoms with E-state index in [-0.39, 0.29) is 6.42 Å². The molecule has 8 rings (SSSR count). The number of carbonyl (C=O) groups excluding carboxylic acids is 4. The summed E-state index contributed by atoms with van der Waals surface area (Å²) in [6, 6.07) is -6.92. The third-order valence-electron chi connectivity index (χ3n) is 28.4. The van der Waals surface area contributed by atoms with Crippen LogP contribution in [-0.2, 0) is 99.8 Å². The molecule has 8 aliphatic rings. The third-order valence-corrected chi connectivity index (χ3v) is 28.4. The van der Waals surface area contributed by atoms with Gasteiger partial charge in [-0.15, -0.1) is 0 Å². The molecule has 43 atom stereocenters. The van der Waals surface area contributed by atoms with E-state index in [4.69, 9.17) is 75.8 Å². The summed E-state index contributed by atoms with van der Waals surface area (Å²) in [5.41, 5.74) is 0. The standard InChI is InChI=1S/C99H174N4O45/c1-7-9-11-13-15-17-19-21-22-23-24-25-26-27-28-30-32-34-36-38-40-42-66(117)103-56(57(114)41-39-37-35-33-31-29-20-18-16-14-12-10-8-2)51-133-93-79(127)77(125)83(63(48-108)139-93)141-97-82(130)90(85(65(50-110)140-97)142-91-68(101-54(5)112)75(123)72(120)60(45-105)135-91)146-95-80(128)88(73(121)61(46-106)136-95)145-92-69(102-55(6)113)87(144-94-78(126)76(124)70(118)52(3)134-94)84(64(49-109)138-92)143-96-81(129)89(74(122)62(47-107)137-96)148-99(98(131)132)43-58(115)67(100-53(4)111)86(147-99)71(119)59(116)44-104/h21-22,39,41,52,56-65,67-97,104-110,114-116,118-130H,7-20,23-38,40,42-51H2,1-6H3,(H,100,111)(H,101,112)(H,102,113)(H,103,117)(H,131,132)/b22-21-,41-39+/t52?,56-,57+,58?,59+,60?,61?,62?,63?,64?,65?,67+,68?,69?,70+,71+,72-,73-,74-,75+,76?,77+,78-,79?,80?,81?,82?,83+,84+,85-,86?,87+,88-,89-,90+,91-,92-,93+,94+,95+,96-,97-,99-/m0/s1. The number of rotatable bonds is 66. The molecule has 0 spiro atoms. The normalized spacial score (nSPS) is 37.8. The number of aliphatic carboxylic acids is 1. The number of allylic oxidation sites excluding steroid dienone is 3. The number of amides is 4. The fourth-order valence-electron chi connectivity index (χ4n) is 19.9. The number of carboxylic acids is 1. The Morgan fingerprint density at radius 3 is 1.24 bits per heavy atom. The van der Waals surface area contributed by atoms with Crippen LogP contribution < -0.4 is 21.3 Å². The smallest absolute Gasteiger partial charge is 0.364 e. The predicted octanol–water partition coefficient (Wildman–Crippen LogP) is -4.28. The average molecular weight is 2140 g/mol. The molecular formula is C99H174N4O45. The molecule has 0 aromatic rings. The zero-order chi connectivity index (χ0) is 109. The van der Waals surface area contributed by atoms with Crippen LogP contribution in [0.4, 0.5) is 0 Å². The van der Waals surface area contributed by atoms with Gasteiger partial charge in [-0.25, -0.2) is 4.79 Å². The summed E-state index contributed by atoms with van der Waals surface area (Å²) in [7, 11) is 0. The van der Waals surface area contributed by atoms with Gasteiger partial charge in [0.2, 0.25) is 23.6 Å². The van der Waals surface area contributed by atoms with Crippen molar-refractivity contribution in [1.82, 2.24) is 21.3 Å². The number of unbranched alkanes of at least 4 members (excludes halogenated alkanes) is 28. The third kappa shape index (κ3) is 37.2. The van der Waals surface area contributed by atoms with Crippen LogP contribution in [0.3, 0.4) is 0 Å². The first kappa shape index (κ1) is 128. The fourth-order valence-corrected chi connectivity index (χ4v) is 19.9. The number of ether oxygens (including phenoxy) is 16. The van der Waals surface area contributed by atoms with E-state index in [1.165, 1.54) is 116 Å². The first-order valence-corrected chi connectivity index (χ1v) is 53.1. The van der Waals surface area contributed by atoms with Gasteiger partial charge in [0.05, 0.1) is 83.3 Å². The topological polar surface area (TPSA) is 767 Å². The van der Waals surface area contributed by atoms with Gasteiger partial charge in [-0.3, -0.25) is 19.2 Å². The van der Waals surface area contributed by atoms with Gasteiger partial charge >= 0.3 is 5.97 Å². The molecule has 28 N–H and O–H groups in total. The van der Waals surface area contributed by atoms with Crippen molar-refractivity contribution in [2.24, 2.45) is 0 Å². The highest BCUT2D eigenvalue weighted by molar-refractivity contribution is 5.77. The zero-order valence-corrected chi connectivity index (χ0v) is 85.9. The molecule has 8 heterocycles. The Balaban J connectivity index is 1.04. The lowest BCUT2D eigenvalue weighted by Gasteiger charge is -2.53. The predicted molar refractivity (Wildman–Crippen MR) is 514 cm³/mol. The highest BCUT2D eigenvalue weighted by Gasteiger charge is 2.64. The lowest BCUT2D eigenvalue weighted by molar-refractivity contribution is -0.406. The van der Waals surface area contributed by atoms with E-state index in [2.05, 4.69) is 47.3 Å². The minimum Gasteiger partial charge on any atom is -0.477 e. The molecule has 8 fully saturated rings. The molecule has 0 bridgehead atoms. The minimum atomic E-state index is -3.35. The minimum absolute atomic E-state index is 0.0983. The van der Waals surface area contributed by atoms with E-state index in [0.717, 1.165) is 104 Å². The van der Waals surface area contributed by atoms with E-state index in [1.807, 2.05) is 0 Å². The van der Waals surface area contributed by atoms with Crippen molar-refractivity contribution >= 4 is 29.6 Å². The maximum Gasteiger partial charge on any atom is 0.364 e. The van der Waals surface area contributed by atoms with E-state index in [1.54, 1.807) is 6.08 Å². The van der Waals surface area contributed by atoms with Gasteiger partial charge in [-0.05, 0) is 51.9 Å². The van der Waals surface area contributed by atoms with Gasteiger partial charge in [-0.2, -0.15) is 0 Å². The van der Waals surface area contributed by atoms with Crippen LogP contribution in [-0.4, -0.2) is 468 Å². The second kappa shape index (κ2) is 66.1. The number of carboxylic acid groups (broad SMARTS) is 1. The summed E-state index contributed by atoms with van der Waals surface area (Å²) in [4.78, 5) is 66.4. The monoisotopic (exact) mass is 2140 g/mol. The molecule has 0 saturated carbocycles. The van der Waals surface area contributed by atoms with E-state index < -0.39 is 352 Å². The van der Waals surface area contributed by atoms with Gasteiger partial charge in [0.25, 0.3) is 5.79 Å². The van der Waals surface area contributed by atoms with Crippen LogP contribution in [0.5, 0.6) is 0 Å². The lowest BCUT2D eigenvalue weighted by atomic mass is 9.88. The SMILES string of the molecule is CCCCCCCC/C=C\CCCCCCCCCCCCCC(=O)N[C@@H](CO[C@@H]1OC(CO)[C@@H](O[C@@H]2OC(CO)[C@H](O[C@@H]3OC(CO)[C@H](O)[C@H](O)C3NC(C)=O)[C@H](O[C@H]3OC(CO)[C@H](O)[C@H](O[C@@H]4OC(CO)[C@@H](O[C@@H]5OC(CO)[C@H](O)[C@H](O[C@]6(C(=O)O)CC(O)[C@@H](NC(C)=O)C([C@H](O)[C@H](O)CO)O6)C5O)[C@H](O[C@H]5OC(C)[C@@H](O)C(O)[C@@H]5O)C4NC(C)=O)C3O)C2O)[C@H](O)C1O)[C@H](O)/C=C/CCCCCCCCCCCCC. The number of hydrogen-bond acceptors (Lipinski definition) is 44. The summed E-state index contributed by atoms with van der Waals surface area (Å²) in [5, 5.41) is 285. The molecule has 4 amide bonds. The Labute approximate surface area is 863 Å². The molecule has 16 unspecified atom stereocenters. The lowest BCUT2D eigenvalue weighted by Crippen LogP contribution is -2.72. The van der Waals surface area contributed by atoms with Crippen LogP contribution in [0.2, 0.25) is 0 Å². The number of aliphatic hydroxyl groups excluding tert-OH is 23. The van der Waals surface area contributed by atoms with Gasteiger partial charge in [0.15, 0.2) is 44.0 Å². The number of carbonyl (C=O) groups is 5. The van der Waals surface area contributed by atoms with E-state index in [0.29, 0.717) is 12.8 Å². The van der Waals surface area contributed by atoms with Crippen LogP contribution in [0.1, 0.15) is 253 Å². The molecule has 8 aliphatic heterocycles. The Bertz CT molecular complexity index is 3790. The molecule has 0 aliphatic carbocycles. The van der Waals surface area contributed by atoms with Crippen molar-refractivity contribution in [3.63, 3.8) is 0 Å². The largest absolute Gasteiger partial charge is 0.477 e. The summed E-state index contributed by atoms with van der Waals surface area (Å²) < 4.78 is 97.9. The molecule has 8 saturated heterocycles. The van der Waals surface area contributed by atoms with Gasteiger partial charge in [-0.1, -0.05) is 192 Å². The maximum atomic E-state index is 13.8. The summed E-state index contributed by atoms with van der Waals surface area (Å²) in [6.45, 7) is -0.499. The second-order valence-corrected chi connectivity index (χ2v) is 40.2. The summed E-state index contributed by atoms with van der Waals surface area (Å²) in [5.74, 6) is -8.75. The highest BCUT2D eigenvalue weighted by atomic mass is 16.8. The first-order valence-electron chi connectivity index (χ1n) is 53.1. The second-order valence-electron chi connectivity index (χ2n) is 40.2. The maximum absolute atomic E-state index is 13.8. The van der Waals surface area contributed by atoms with Crippen molar-refractivity contribution < 1.29 is 222 Å². The van der Waals surface area contributed by atoms with Crippen molar-refractivity contribution in [2.45, 2.75) is 517 Å². The van der Waals surface area contributed by atoms with Crippen molar-refractivity contribution in [3.05, 3.63) is 24.3 Å². The number of nitrogens with one attached hydrogen (secondary N) is 4. The molecule has 49 nitrogen and oxygen atoms in total. The van der Waals surface area contributed by atoms with Gasteiger partial charge in [0, 0.05) is 33.6 Å². The zero-order valence-electron chi connectivity index (χ0n) is 85.9. The molecule has 148 heavy (non-hydrogen) atoms. The van der Waals surface area contributed by atoms with Crippen molar-refractivity contribution in [3.8, 4) is 0 Å². The van der Waals surface area contributed by atoms with Crippen molar-refractivity contribution in [1.29, 1.82) is 0 Å². The van der Waals surface area contributed by atoms with Crippen LogP contribution >= 0.6 is 0 Å². The van der Waals surface area contributed by atoms with Crippen molar-refractivity contribution in [2.75, 3.05) is 52.9 Å². The van der Waals surface area contributed by atoms with Crippen LogP contribution in [0.25, 0.3) is 0 Å². The summed E-state index contributed by atoms with van der Waals surface area (Å²) in [6.07, 6.45) is -40.8. The Morgan fingerprint density at radius 2 is 0.736 bits per heavy atom. The fraction of sp³-hybridized carbons (Fsp3) is 0.909. The van der Waals surface area contributed by atoms with Gasteiger partial charge in [0.1, 0.15) is 183 Å². The molecule has 49 heteroatoms. The Kier molecular flexibility index (Phi) is 57.3. The molecular weight excluding hydrogens is 1970 g/mol. The van der Waals surface area contributed by atoms with E-state index >= 15 is 0 Å². The molecule has 0 radical (unpaired) electrons. The number of aliphatic hydroxyl groups is 23. The molecule has 0 aromatic heterocycles. The van der Waals surface area contributed by atoms with Crippen LogP contribution in [0.15, 0.2) is 24.3 Å². The quantitative estimate of drug-likeness (QED) is 0.0202. The van der Waals surface area contributed by atoms with Gasteiger partial charge < -0.3 is 220 Å².